The van der Waals surface area contributed by atoms with Crippen molar-refractivity contribution in [3.63, 3.8) is 0 Å². The maximum Gasteiger partial charge on any atom is 0.276 e. The van der Waals surface area contributed by atoms with Gasteiger partial charge in [-0.1, -0.05) is 18.2 Å². The van der Waals surface area contributed by atoms with Crippen molar-refractivity contribution in [1.82, 2.24) is 14.7 Å². The van der Waals surface area contributed by atoms with E-state index in [4.69, 9.17) is 0 Å². The summed E-state index contributed by atoms with van der Waals surface area (Å²) in [4.78, 5) is 12.4. The van der Waals surface area contributed by atoms with Crippen LogP contribution in [0.25, 0.3) is 5.69 Å². The highest BCUT2D eigenvalue weighted by molar-refractivity contribution is 7.85. The van der Waals surface area contributed by atoms with Gasteiger partial charge in [-0.3, -0.25) is 9.48 Å². The van der Waals surface area contributed by atoms with Crippen LogP contribution in [0.5, 0.6) is 0 Å². The molecule has 114 valence electrons. The van der Waals surface area contributed by atoms with E-state index in [1.807, 2.05) is 18.2 Å². The molecule has 1 aromatic carbocycles. The van der Waals surface area contributed by atoms with Crippen LogP contribution in [-0.4, -0.2) is 28.2 Å². The van der Waals surface area contributed by atoms with E-state index in [9.17, 15) is 17.8 Å². The highest BCUT2D eigenvalue weighted by Gasteiger charge is 2.15. The molecule has 0 saturated heterocycles. The lowest BCUT2D eigenvalue weighted by atomic mass is 10.2. The zero-order valence-electron chi connectivity index (χ0n) is 11.7. The number of rotatable bonds is 5. The average Bonchev–Trinajstić information content (AvgIpc) is 2.62. The van der Waals surface area contributed by atoms with Crippen LogP contribution in [0.15, 0.2) is 35.1 Å². The molecule has 2 aromatic rings. The van der Waals surface area contributed by atoms with Crippen LogP contribution >= 0.6 is 0 Å². The summed E-state index contributed by atoms with van der Waals surface area (Å²) >= 11 is 0. The van der Waals surface area contributed by atoms with Gasteiger partial charge >= 0.3 is 0 Å². The summed E-state index contributed by atoms with van der Waals surface area (Å²) in [5.41, 5.74) is 1.62. The summed E-state index contributed by atoms with van der Waals surface area (Å²) in [5.74, 6) is -0.702. The van der Waals surface area contributed by atoms with Gasteiger partial charge in [-0.2, -0.15) is 0 Å². The largest absolute Gasteiger partial charge is 0.747 e. The summed E-state index contributed by atoms with van der Waals surface area (Å²) < 4.78 is 34.9. The first-order valence-electron chi connectivity index (χ1n) is 6.28. The molecule has 1 heterocycles. The topological polar surface area (TPSA) is 96.2 Å². The molecule has 0 unspecified atom stereocenters. The van der Waals surface area contributed by atoms with Gasteiger partial charge in [0.2, 0.25) is 0 Å². The summed E-state index contributed by atoms with van der Waals surface area (Å²) in [5, 5.41) is 2.49. The Bertz CT molecular complexity index is 791. The third kappa shape index (κ3) is 3.41. The van der Waals surface area contributed by atoms with Gasteiger partial charge in [0, 0.05) is 19.3 Å². The molecule has 0 fully saturated rings. The molecule has 21 heavy (non-hydrogen) atoms. The van der Waals surface area contributed by atoms with Gasteiger partial charge in [-0.15, -0.1) is 0 Å². The number of hydrogen-bond donors (Lipinski definition) is 1. The minimum atomic E-state index is -4.35. The van der Waals surface area contributed by atoms with E-state index in [-0.39, 0.29) is 12.1 Å². The molecule has 7 nitrogen and oxygen atoms in total. The van der Waals surface area contributed by atoms with Crippen LogP contribution < -0.4 is 10.9 Å². The Morgan fingerprint density at radius 2 is 1.86 bits per heavy atom. The van der Waals surface area contributed by atoms with Crippen LogP contribution in [-0.2, 0) is 23.7 Å². The SMILES string of the molecule is Cc1c(CNCS(=O)(=O)[O-])c(=O)n(-c2ccccc2)n1C. The molecule has 1 aromatic heterocycles. The van der Waals surface area contributed by atoms with Crippen molar-refractivity contribution in [1.29, 1.82) is 0 Å². The summed E-state index contributed by atoms with van der Waals surface area (Å²) in [6.45, 7) is 1.79. The molecule has 0 aliphatic carbocycles. The van der Waals surface area contributed by atoms with Gasteiger partial charge < -0.3 is 9.87 Å². The molecule has 0 bridgehead atoms. The van der Waals surface area contributed by atoms with Crippen LogP contribution in [0.1, 0.15) is 11.3 Å². The quantitative estimate of drug-likeness (QED) is 0.789. The summed E-state index contributed by atoms with van der Waals surface area (Å²) in [6.07, 6.45) is 0. The first kappa shape index (κ1) is 15.5. The normalized spacial score (nSPS) is 11.8. The second kappa shape index (κ2) is 5.84. The fraction of sp³-hybridized carbons (Fsp3) is 0.308. The fourth-order valence-corrected chi connectivity index (χ4v) is 2.48. The van der Waals surface area contributed by atoms with Crippen LogP contribution in [0.2, 0.25) is 0 Å². The summed E-state index contributed by atoms with van der Waals surface area (Å²) in [6, 6.07) is 9.12. The molecular weight excluding hydrogens is 294 g/mol. The van der Waals surface area contributed by atoms with Crippen molar-refractivity contribution in [3.8, 4) is 5.69 Å². The second-order valence-corrected chi connectivity index (χ2v) is 6.07. The second-order valence-electron chi connectivity index (χ2n) is 4.67. The van der Waals surface area contributed by atoms with Gasteiger partial charge in [-0.05, 0) is 19.1 Å². The predicted molar refractivity (Wildman–Crippen MR) is 77.2 cm³/mol. The molecule has 0 aliphatic rings. The molecule has 0 radical (unpaired) electrons. The van der Waals surface area contributed by atoms with E-state index in [1.165, 1.54) is 4.68 Å². The van der Waals surface area contributed by atoms with Gasteiger partial charge in [-0.25, -0.2) is 13.1 Å². The molecule has 0 amide bonds. The van der Waals surface area contributed by atoms with E-state index >= 15 is 0 Å². The molecule has 0 atom stereocenters. The first-order chi connectivity index (χ1) is 9.81. The van der Waals surface area contributed by atoms with Crippen molar-refractivity contribution in [2.45, 2.75) is 13.5 Å². The zero-order valence-corrected chi connectivity index (χ0v) is 12.6. The maximum absolute atomic E-state index is 12.4. The average molecular weight is 310 g/mol. The Kier molecular flexibility index (Phi) is 4.31. The fourth-order valence-electron chi connectivity index (χ4n) is 2.13. The van der Waals surface area contributed by atoms with Crippen LogP contribution in [0.4, 0.5) is 0 Å². The Hall–Kier alpha value is -1.90. The van der Waals surface area contributed by atoms with Crippen molar-refractivity contribution >= 4 is 10.1 Å². The van der Waals surface area contributed by atoms with Gasteiger partial charge in [0.25, 0.3) is 5.56 Å². The van der Waals surface area contributed by atoms with Gasteiger partial charge in [0.1, 0.15) is 10.1 Å². The number of para-hydroxylation sites is 1. The van der Waals surface area contributed by atoms with Gasteiger partial charge in [0.05, 0.1) is 17.1 Å². The smallest absolute Gasteiger partial charge is 0.276 e. The standard InChI is InChI=1S/C13H17N3O4S/c1-10-12(8-14-9-21(18,19)20)13(17)16(15(10)2)11-6-4-3-5-7-11/h3-7,14H,8-9H2,1-2H3,(H,18,19,20)/p-1. The number of benzene rings is 1. The van der Waals surface area contributed by atoms with Crippen LogP contribution in [0.3, 0.4) is 0 Å². The third-order valence-corrected chi connectivity index (χ3v) is 3.81. The Morgan fingerprint density at radius 1 is 1.24 bits per heavy atom. The number of nitrogens with zero attached hydrogens (tertiary/aromatic N) is 2. The van der Waals surface area contributed by atoms with E-state index < -0.39 is 16.0 Å². The molecule has 0 aliphatic heterocycles. The minimum Gasteiger partial charge on any atom is -0.747 e. The molecule has 0 saturated carbocycles. The Labute approximate surface area is 122 Å². The first-order valence-corrected chi connectivity index (χ1v) is 7.86. The maximum atomic E-state index is 12.4. The highest BCUT2D eigenvalue weighted by atomic mass is 32.2. The van der Waals surface area contributed by atoms with E-state index in [0.717, 1.165) is 5.69 Å². The molecule has 8 heteroatoms. The monoisotopic (exact) mass is 310 g/mol. The number of aromatic nitrogens is 2. The molecular formula is C13H16N3O4S-. The van der Waals surface area contributed by atoms with E-state index in [0.29, 0.717) is 11.3 Å². The Balaban J connectivity index is 2.35. The molecule has 1 N–H and O–H groups in total. The minimum absolute atomic E-state index is 0.0276. The van der Waals surface area contributed by atoms with Crippen molar-refractivity contribution in [2.24, 2.45) is 7.05 Å². The predicted octanol–water partition coefficient (Wildman–Crippen LogP) is 0.0767. The van der Waals surface area contributed by atoms with E-state index in [1.54, 1.807) is 30.8 Å². The molecule has 0 spiro atoms. The van der Waals surface area contributed by atoms with Crippen molar-refractivity contribution < 1.29 is 13.0 Å². The third-order valence-electron chi connectivity index (χ3n) is 3.25. The van der Waals surface area contributed by atoms with Crippen LogP contribution in [0, 0.1) is 6.92 Å². The van der Waals surface area contributed by atoms with E-state index in [2.05, 4.69) is 5.32 Å². The van der Waals surface area contributed by atoms with Crippen molar-refractivity contribution in [3.05, 3.63) is 51.9 Å². The lowest BCUT2D eigenvalue weighted by Gasteiger charge is -2.08. The Morgan fingerprint density at radius 3 is 2.43 bits per heavy atom. The zero-order chi connectivity index (χ0) is 15.6. The number of hydrogen-bond acceptors (Lipinski definition) is 5. The van der Waals surface area contributed by atoms with Crippen molar-refractivity contribution in [2.75, 3.05) is 5.88 Å². The summed E-state index contributed by atoms with van der Waals surface area (Å²) in [7, 11) is -2.60. The lowest BCUT2D eigenvalue weighted by Crippen LogP contribution is -2.26. The highest BCUT2D eigenvalue weighted by Crippen LogP contribution is 2.09. The van der Waals surface area contributed by atoms with Gasteiger partial charge in [0.15, 0.2) is 0 Å². The number of nitrogens with one attached hydrogen (secondary N) is 1. The lowest BCUT2D eigenvalue weighted by molar-refractivity contribution is 0.456. The molecule has 2 rings (SSSR count).